The van der Waals surface area contributed by atoms with Crippen molar-refractivity contribution >= 4 is 17.2 Å². The molecule has 1 aliphatic rings. The number of thiophene rings is 1. The maximum absolute atomic E-state index is 12.8. The van der Waals surface area contributed by atoms with Gasteiger partial charge in [0.05, 0.1) is 12.2 Å². The van der Waals surface area contributed by atoms with E-state index in [4.69, 9.17) is 4.74 Å². The third kappa shape index (κ3) is 3.65. The zero-order chi connectivity index (χ0) is 15.4. The minimum atomic E-state index is -0.259. The molecule has 1 aliphatic heterocycles. The Morgan fingerprint density at radius 3 is 2.86 bits per heavy atom. The number of benzene rings is 1. The summed E-state index contributed by atoms with van der Waals surface area (Å²) in [5, 5.41) is 3.82. The third-order valence-corrected chi connectivity index (χ3v) is 4.63. The number of hydrogen-bond donors (Lipinski definition) is 0. The summed E-state index contributed by atoms with van der Waals surface area (Å²) < 4.78 is 18.4. The molecule has 22 heavy (non-hydrogen) atoms. The van der Waals surface area contributed by atoms with Crippen molar-refractivity contribution in [2.75, 3.05) is 19.7 Å². The van der Waals surface area contributed by atoms with E-state index in [0.717, 1.165) is 31.5 Å². The van der Waals surface area contributed by atoms with Gasteiger partial charge in [-0.1, -0.05) is 0 Å². The molecule has 0 saturated carbocycles. The van der Waals surface area contributed by atoms with Crippen LogP contribution < -0.4 is 4.74 Å². The molecule has 1 aromatic carbocycles. The normalized spacial score (nSPS) is 17.7. The molecular weight excluding hydrogens is 301 g/mol. The van der Waals surface area contributed by atoms with Gasteiger partial charge in [-0.25, -0.2) is 4.39 Å². The van der Waals surface area contributed by atoms with Gasteiger partial charge in [-0.2, -0.15) is 11.3 Å². The fourth-order valence-electron chi connectivity index (χ4n) is 2.70. The van der Waals surface area contributed by atoms with Crippen LogP contribution in [0.4, 0.5) is 4.39 Å². The summed E-state index contributed by atoms with van der Waals surface area (Å²) in [5.74, 6) is 1.03. The summed E-state index contributed by atoms with van der Waals surface area (Å²) in [5.41, 5.74) is 0.785. The number of carbonyl (C=O) groups is 1. The van der Waals surface area contributed by atoms with Crippen LogP contribution in [-0.4, -0.2) is 30.5 Å². The molecule has 1 amide bonds. The molecule has 5 heteroatoms. The molecule has 2 heterocycles. The number of ether oxygens (including phenoxy) is 1. The van der Waals surface area contributed by atoms with Crippen LogP contribution in [0.3, 0.4) is 0 Å². The van der Waals surface area contributed by atoms with Crippen molar-refractivity contribution in [2.24, 2.45) is 5.92 Å². The van der Waals surface area contributed by atoms with Crippen LogP contribution in [0.15, 0.2) is 41.1 Å². The van der Waals surface area contributed by atoms with Crippen LogP contribution in [-0.2, 0) is 0 Å². The molecule has 0 spiro atoms. The SMILES string of the molecule is O=C(c1ccsc1)N1CCC(CCOc2ccc(F)cc2)C1. The van der Waals surface area contributed by atoms with E-state index in [2.05, 4.69) is 0 Å². The predicted molar refractivity (Wildman–Crippen MR) is 84.8 cm³/mol. The van der Waals surface area contributed by atoms with E-state index in [9.17, 15) is 9.18 Å². The number of amides is 1. The predicted octanol–water partition coefficient (Wildman–Crippen LogP) is 3.82. The topological polar surface area (TPSA) is 29.5 Å². The van der Waals surface area contributed by atoms with Crippen LogP contribution in [0.2, 0.25) is 0 Å². The van der Waals surface area contributed by atoms with E-state index < -0.39 is 0 Å². The van der Waals surface area contributed by atoms with E-state index >= 15 is 0 Å². The first kappa shape index (κ1) is 15.0. The third-order valence-electron chi connectivity index (χ3n) is 3.95. The first-order valence-electron chi connectivity index (χ1n) is 7.42. The van der Waals surface area contributed by atoms with E-state index in [1.807, 2.05) is 21.7 Å². The summed E-state index contributed by atoms with van der Waals surface area (Å²) >= 11 is 1.55. The second-order valence-corrected chi connectivity index (χ2v) is 6.29. The van der Waals surface area contributed by atoms with E-state index in [-0.39, 0.29) is 11.7 Å². The van der Waals surface area contributed by atoms with Crippen LogP contribution in [0.1, 0.15) is 23.2 Å². The number of rotatable bonds is 5. The number of nitrogens with zero attached hydrogens (tertiary/aromatic N) is 1. The summed E-state index contributed by atoms with van der Waals surface area (Å²) in [6.07, 6.45) is 1.92. The first-order chi connectivity index (χ1) is 10.7. The molecular formula is C17H18FNO2S. The Hall–Kier alpha value is -1.88. The number of hydrogen-bond acceptors (Lipinski definition) is 3. The Balaban J connectivity index is 1.43. The van der Waals surface area contributed by atoms with Gasteiger partial charge in [0, 0.05) is 18.5 Å². The fourth-order valence-corrected chi connectivity index (χ4v) is 3.33. The second kappa shape index (κ2) is 6.92. The minimum Gasteiger partial charge on any atom is -0.494 e. The molecule has 2 aromatic rings. The van der Waals surface area contributed by atoms with Crippen molar-refractivity contribution in [3.05, 3.63) is 52.5 Å². The molecule has 1 fully saturated rings. The van der Waals surface area contributed by atoms with Gasteiger partial charge in [0.15, 0.2) is 0 Å². The van der Waals surface area contributed by atoms with Crippen molar-refractivity contribution < 1.29 is 13.9 Å². The molecule has 0 N–H and O–H groups in total. The summed E-state index contributed by atoms with van der Waals surface area (Å²) in [6, 6.07) is 7.93. The Bertz CT molecular complexity index is 612. The van der Waals surface area contributed by atoms with Gasteiger partial charge in [0.2, 0.25) is 0 Å². The van der Waals surface area contributed by atoms with Gasteiger partial charge in [0.25, 0.3) is 5.91 Å². The molecule has 1 aromatic heterocycles. The van der Waals surface area contributed by atoms with E-state index in [0.29, 0.717) is 18.3 Å². The fraction of sp³-hybridized carbons (Fsp3) is 0.353. The Labute approximate surface area is 133 Å². The van der Waals surface area contributed by atoms with Gasteiger partial charge >= 0.3 is 0 Å². The van der Waals surface area contributed by atoms with E-state index in [1.54, 1.807) is 23.5 Å². The van der Waals surface area contributed by atoms with E-state index in [1.165, 1.54) is 12.1 Å². The van der Waals surface area contributed by atoms with Crippen molar-refractivity contribution in [2.45, 2.75) is 12.8 Å². The largest absolute Gasteiger partial charge is 0.494 e. The van der Waals surface area contributed by atoms with Crippen molar-refractivity contribution in [1.82, 2.24) is 4.90 Å². The summed E-state index contributed by atoms with van der Waals surface area (Å²) in [7, 11) is 0. The maximum atomic E-state index is 12.8. The van der Waals surface area contributed by atoms with Crippen LogP contribution in [0, 0.1) is 11.7 Å². The molecule has 3 nitrogen and oxygen atoms in total. The molecule has 1 saturated heterocycles. The van der Waals surface area contributed by atoms with Crippen LogP contribution >= 0.6 is 11.3 Å². The molecule has 0 aliphatic carbocycles. The van der Waals surface area contributed by atoms with Gasteiger partial charge < -0.3 is 9.64 Å². The molecule has 0 bridgehead atoms. The lowest BCUT2D eigenvalue weighted by Crippen LogP contribution is -2.28. The Morgan fingerprint density at radius 2 is 2.14 bits per heavy atom. The molecule has 0 radical (unpaired) electrons. The Kier molecular flexibility index (Phi) is 4.73. The van der Waals surface area contributed by atoms with Gasteiger partial charge in [-0.15, -0.1) is 0 Å². The zero-order valence-corrected chi connectivity index (χ0v) is 13.0. The number of halogens is 1. The summed E-state index contributed by atoms with van der Waals surface area (Å²) in [4.78, 5) is 14.2. The lowest BCUT2D eigenvalue weighted by atomic mass is 10.1. The van der Waals surface area contributed by atoms with Gasteiger partial charge in [0.1, 0.15) is 11.6 Å². The van der Waals surface area contributed by atoms with Crippen molar-refractivity contribution in [1.29, 1.82) is 0 Å². The standard InChI is InChI=1S/C17H18FNO2S/c18-15-1-3-16(4-2-15)21-9-6-13-5-8-19(11-13)17(20)14-7-10-22-12-14/h1-4,7,10,12-13H,5-6,8-9,11H2. The maximum Gasteiger partial charge on any atom is 0.254 e. The smallest absolute Gasteiger partial charge is 0.254 e. The van der Waals surface area contributed by atoms with Gasteiger partial charge in [-0.3, -0.25) is 4.79 Å². The van der Waals surface area contributed by atoms with Crippen molar-refractivity contribution in [3.8, 4) is 5.75 Å². The van der Waals surface area contributed by atoms with Crippen LogP contribution in [0.5, 0.6) is 5.75 Å². The highest BCUT2D eigenvalue weighted by Gasteiger charge is 2.26. The first-order valence-corrected chi connectivity index (χ1v) is 8.36. The molecule has 1 unspecified atom stereocenters. The lowest BCUT2D eigenvalue weighted by Gasteiger charge is -2.16. The Morgan fingerprint density at radius 1 is 1.32 bits per heavy atom. The van der Waals surface area contributed by atoms with Gasteiger partial charge in [-0.05, 0) is 54.5 Å². The highest BCUT2D eigenvalue weighted by Crippen LogP contribution is 2.22. The molecule has 3 rings (SSSR count). The number of carbonyl (C=O) groups excluding carboxylic acids is 1. The van der Waals surface area contributed by atoms with Crippen molar-refractivity contribution in [3.63, 3.8) is 0 Å². The minimum absolute atomic E-state index is 0.128. The lowest BCUT2D eigenvalue weighted by molar-refractivity contribution is 0.0786. The molecule has 116 valence electrons. The molecule has 1 atom stereocenters. The highest BCUT2D eigenvalue weighted by atomic mass is 32.1. The average Bonchev–Trinajstić information content (AvgIpc) is 3.20. The monoisotopic (exact) mass is 319 g/mol. The zero-order valence-electron chi connectivity index (χ0n) is 12.2. The second-order valence-electron chi connectivity index (χ2n) is 5.51. The number of likely N-dealkylation sites (tertiary alicyclic amines) is 1. The van der Waals surface area contributed by atoms with Crippen LogP contribution in [0.25, 0.3) is 0 Å². The average molecular weight is 319 g/mol. The highest BCUT2D eigenvalue weighted by molar-refractivity contribution is 7.08. The summed E-state index contributed by atoms with van der Waals surface area (Å²) in [6.45, 7) is 2.20. The quantitative estimate of drug-likeness (QED) is 0.838.